The average molecular weight is 480 g/mol. The van der Waals surface area contributed by atoms with Gasteiger partial charge >= 0.3 is 5.97 Å². The van der Waals surface area contributed by atoms with E-state index >= 15 is 0 Å². The molecule has 1 aliphatic heterocycles. The fourth-order valence-corrected chi connectivity index (χ4v) is 5.50. The molecule has 8 nitrogen and oxygen atoms in total. The molecule has 0 unspecified atom stereocenters. The van der Waals surface area contributed by atoms with Crippen LogP contribution in [0.5, 0.6) is 0 Å². The number of piperidine rings is 1. The van der Waals surface area contributed by atoms with Crippen LogP contribution in [-0.4, -0.2) is 54.0 Å². The van der Waals surface area contributed by atoms with E-state index < -0.39 is 0 Å². The molecule has 0 saturated carbocycles. The van der Waals surface area contributed by atoms with Gasteiger partial charge in [-0.2, -0.15) is 0 Å². The lowest BCUT2D eigenvalue weighted by Gasteiger charge is -2.44. The number of amides is 2. The first-order chi connectivity index (χ1) is 16.9. The molecule has 1 saturated heterocycles. The van der Waals surface area contributed by atoms with Crippen molar-refractivity contribution in [3.8, 4) is 0 Å². The van der Waals surface area contributed by atoms with Crippen LogP contribution in [0.1, 0.15) is 61.8 Å². The monoisotopic (exact) mass is 479 g/mol. The number of nitrogens with one attached hydrogen (secondary N) is 1. The summed E-state index contributed by atoms with van der Waals surface area (Å²) < 4.78 is 11.2. The van der Waals surface area contributed by atoms with Gasteiger partial charge in [0.1, 0.15) is 0 Å². The molecule has 2 aliphatic rings. The molecule has 35 heavy (non-hydrogen) atoms. The van der Waals surface area contributed by atoms with E-state index in [-0.39, 0.29) is 41.8 Å². The molecule has 2 atom stereocenters. The van der Waals surface area contributed by atoms with E-state index in [1.165, 1.54) is 19.6 Å². The van der Waals surface area contributed by atoms with Crippen molar-refractivity contribution in [2.75, 3.05) is 20.2 Å². The smallest absolute Gasteiger partial charge is 0.305 e. The standard InChI is InChI=1S/C27H33N3O5/c1-19(31)29-25-21-6-3-4-7-22(21)27(26(25)35-18-20-10-14-28-15-11-20)12-16-30(17-13-27)23(32)8-5-9-24(33)34-2/h3-4,6-7,10-11,14-15,25-26H,5,8-9,12-13,16-18H2,1-2H3,(H,29,31)/t25-,26+/m0/s1. The Labute approximate surface area is 206 Å². The van der Waals surface area contributed by atoms with Gasteiger partial charge in [0.2, 0.25) is 11.8 Å². The molecule has 0 radical (unpaired) electrons. The van der Waals surface area contributed by atoms with Crippen LogP contribution < -0.4 is 5.32 Å². The Balaban J connectivity index is 1.53. The predicted molar refractivity (Wildman–Crippen MR) is 129 cm³/mol. The average Bonchev–Trinajstić information content (AvgIpc) is 3.11. The molecule has 2 heterocycles. The van der Waals surface area contributed by atoms with E-state index in [0.29, 0.717) is 32.5 Å². The maximum absolute atomic E-state index is 12.8. The van der Waals surface area contributed by atoms with Crippen LogP contribution in [0.15, 0.2) is 48.8 Å². The lowest BCUT2D eigenvalue weighted by molar-refractivity contribution is -0.141. The van der Waals surface area contributed by atoms with E-state index in [4.69, 9.17) is 4.74 Å². The summed E-state index contributed by atoms with van der Waals surface area (Å²) in [5.41, 5.74) is 2.99. The van der Waals surface area contributed by atoms with Gasteiger partial charge in [-0.3, -0.25) is 19.4 Å². The predicted octanol–water partition coefficient (Wildman–Crippen LogP) is 3.06. The molecule has 1 spiro atoms. The highest BCUT2D eigenvalue weighted by Gasteiger charge is 2.54. The number of esters is 1. The summed E-state index contributed by atoms with van der Waals surface area (Å²) in [6.07, 6.45) is 5.77. The minimum atomic E-state index is -0.306. The second kappa shape index (κ2) is 11.0. The summed E-state index contributed by atoms with van der Waals surface area (Å²) in [5.74, 6) is -0.337. The minimum Gasteiger partial charge on any atom is -0.469 e. The van der Waals surface area contributed by atoms with Crippen molar-refractivity contribution in [3.63, 3.8) is 0 Å². The Morgan fingerprint density at radius 1 is 1.09 bits per heavy atom. The Morgan fingerprint density at radius 2 is 1.80 bits per heavy atom. The van der Waals surface area contributed by atoms with Crippen LogP contribution in [0.25, 0.3) is 0 Å². The number of ether oxygens (including phenoxy) is 2. The molecule has 1 aromatic carbocycles. The maximum Gasteiger partial charge on any atom is 0.305 e. The fraction of sp³-hybridized carbons (Fsp3) is 0.481. The van der Waals surface area contributed by atoms with Crippen molar-refractivity contribution in [1.29, 1.82) is 0 Å². The molecule has 2 aromatic rings. The van der Waals surface area contributed by atoms with E-state index in [9.17, 15) is 14.4 Å². The van der Waals surface area contributed by atoms with E-state index in [1.54, 1.807) is 12.4 Å². The van der Waals surface area contributed by atoms with E-state index in [2.05, 4.69) is 27.2 Å². The Hall–Kier alpha value is -3.26. The molecule has 1 aliphatic carbocycles. The molecule has 2 amide bonds. The first kappa shape index (κ1) is 24.9. The van der Waals surface area contributed by atoms with Crippen molar-refractivity contribution in [2.45, 2.75) is 63.2 Å². The van der Waals surface area contributed by atoms with Gasteiger partial charge in [-0.15, -0.1) is 0 Å². The zero-order chi connectivity index (χ0) is 24.8. The maximum atomic E-state index is 12.8. The third kappa shape index (κ3) is 5.37. The van der Waals surface area contributed by atoms with Crippen LogP contribution in [0.2, 0.25) is 0 Å². The summed E-state index contributed by atoms with van der Waals surface area (Å²) in [6.45, 7) is 3.15. The normalized spacial score (nSPS) is 20.3. The van der Waals surface area contributed by atoms with Crippen LogP contribution in [0.4, 0.5) is 0 Å². The van der Waals surface area contributed by atoms with E-state index in [1.807, 2.05) is 29.2 Å². The highest BCUT2D eigenvalue weighted by molar-refractivity contribution is 5.77. The number of rotatable bonds is 8. The highest BCUT2D eigenvalue weighted by Crippen LogP contribution is 2.52. The molecule has 1 aromatic heterocycles. The van der Waals surface area contributed by atoms with E-state index in [0.717, 1.165) is 24.0 Å². The van der Waals surface area contributed by atoms with Crippen LogP contribution >= 0.6 is 0 Å². The molecule has 186 valence electrons. The number of hydrogen-bond acceptors (Lipinski definition) is 6. The number of carbonyl (C=O) groups excluding carboxylic acids is 3. The van der Waals surface area contributed by atoms with Crippen molar-refractivity contribution in [1.82, 2.24) is 15.2 Å². The van der Waals surface area contributed by atoms with Gasteiger partial charge in [0.05, 0.1) is 25.9 Å². The molecule has 4 rings (SSSR count). The number of methoxy groups -OCH3 is 1. The summed E-state index contributed by atoms with van der Waals surface area (Å²) in [6, 6.07) is 11.8. The molecule has 8 heteroatoms. The van der Waals surface area contributed by atoms with Gasteiger partial charge in [0.15, 0.2) is 0 Å². The number of hydrogen-bond donors (Lipinski definition) is 1. The van der Waals surface area contributed by atoms with Gasteiger partial charge in [-0.05, 0) is 48.1 Å². The lowest BCUT2D eigenvalue weighted by Crippen LogP contribution is -2.51. The fourth-order valence-electron chi connectivity index (χ4n) is 5.50. The quantitative estimate of drug-likeness (QED) is 0.585. The Kier molecular flexibility index (Phi) is 7.80. The molecule has 1 N–H and O–H groups in total. The summed E-state index contributed by atoms with van der Waals surface area (Å²) in [4.78, 5) is 42.3. The lowest BCUT2D eigenvalue weighted by atomic mass is 9.71. The number of pyridine rings is 1. The van der Waals surface area contributed by atoms with Crippen molar-refractivity contribution < 1.29 is 23.9 Å². The van der Waals surface area contributed by atoms with Gasteiger partial charge in [-0.1, -0.05) is 24.3 Å². The highest BCUT2D eigenvalue weighted by atomic mass is 16.5. The third-order valence-electron chi connectivity index (χ3n) is 7.22. The topological polar surface area (TPSA) is 97.8 Å². The summed E-state index contributed by atoms with van der Waals surface area (Å²) >= 11 is 0. The molecular weight excluding hydrogens is 446 g/mol. The molecule has 0 bridgehead atoms. The van der Waals surface area contributed by atoms with Crippen molar-refractivity contribution in [2.24, 2.45) is 0 Å². The zero-order valence-corrected chi connectivity index (χ0v) is 20.4. The van der Waals surface area contributed by atoms with Crippen LogP contribution in [-0.2, 0) is 35.9 Å². The largest absolute Gasteiger partial charge is 0.469 e. The van der Waals surface area contributed by atoms with Gasteiger partial charge in [0, 0.05) is 50.7 Å². The second-order valence-corrected chi connectivity index (χ2v) is 9.32. The van der Waals surface area contributed by atoms with Crippen molar-refractivity contribution in [3.05, 3.63) is 65.5 Å². The second-order valence-electron chi connectivity index (χ2n) is 9.32. The summed E-state index contributed by atoms with van der Waals surface area (Å²) in [5, 5.41) is 3.13. The molecular formula is C27H33N3O5. The summed E-state index contributed by atoms with van der Waals surface area (Å²) in [7, 11) is 1.36. The van der Waals surface area contributed by atoms with Crippen molar-refractivity contribution >= 4 is 17.8 Å². The first-order valence-electron chi connectivity index (χ1n) is 12.2. The SMILES string of the molecule is COC(=O)CCCC(=O)N1CCC2(CC1)c1ccccc1[C@H](NC(C)=O)[C@H]2OCc1ccncc1. The minimum absolute atomic E-state index is 0.0581. The number of benzene rings is 1. The van der Waals surface area contributed by atoms with Crippen LogP contribution in [0, 0.1) is 0 Å². The van der Waals surface area contributed by atoms with Gasteiger partial charge < -0.3 is 19.7 Å². The number of fused-ring (bicyclic) bond motifs is 2. The van der Waals surface area contributed by atoms with Crippen LogP contribution in [0.3, 0.4) is 0 Å². The third-order valence-corrected chi connectivity index (χ3v) is 7.22. The van der Waals surface area contributed by atoms with Gasteiger partial charge in [0.25, 0.3) is 0 Å². The Morgan fingerprint density at radius 3 is 2.49 bits per heavy atom. The number of carbonyl (C=O) groups is 3. The molecule has 1 fully saturated rings. The Bertz CT molecular complexity index is 1050. The number of aromatic nitrogens is 1. The van der Waals surface area contributed by atoms with Gasteiger partial charge in [-0.25, -0.2) is 0 Å². The zero-order valence-electron chi connectivity index (χ0n) is 20.4. The first-order valence-corrected chi connectivity index (χ1v) is 12.2. The number of nitrogens with zero attached hydrogens (tertiary/aromatic N) is 2. The number of likely N-dealkylation sites (tertiary alicyclic amines) is 1.